The minimum atomic E-state index is -0.170. The molecule has 0 saturated heterocycles. The van der Waals surface area contributed by atoms with Crippen LogP contribution in [0.15, 0.2) is 72.8 Å². The first-order valence-electron chi connectivity index (χ1n) is 10.2. The van der Waals surface area contributed by atoms with Crippen LogP contribution in [0.2, 0.25) is 0 Å². The molecule has 0 radical (unpaired) electrons. The minimum absolute atomic E-state index is 0.121. The molecule has 4 rings (SSSR count). The van der Waals surface area contributed by atoms with Crippen molar-refractivity contribution in [3.8, 4) is 11.5 Å². The molecule has 0 spiro atoms. The third kappa shape index (κ3) is 4.92. The van der Waals surface area contributed by atoms with Crippen molar-refractivity contribution in [1.82, 2.24) is 4.90 Å². The maximum absolute atomic E-state index is 12.9. The second kappa shape index (κ2) is 9.45. The van der Waals surface area contributed by atoms with Crippen LogP contribution in [0.5, 0.6) is 11.5 Å². The van der Waals surface area contributed by atoms with Crippen LogP contribution in [0.25, 0.3) is 0 Å². The lowest BCUT2D eigenvalue weighted by molar-refractivity contribution is -0.117. The van der Waals surface area contributed by atoms with Gasteiger partial charge >= 0.3 is 0 Å². The van der Waals surface area contributed by atoms with Crippen LogP contribution in [0.3, 0.4) is 0 Å². The fraction of sp³-hybridized carbons (Fsp3) is 0.200. The van der Waals surface area contributed by atoms with Gasteiger partial charge in [-0.3, -0.25) is 14.5 Å². The number of amides is 1. The molecule has 0 unspecified atom stereocenters. The Kier molecular flexibility index (Phi) is 6.29. The van der Waals surface area contributed by atoms with Crippen molar-refractivity contribution in [3.63, 3.8) is 0 Å². The normalized spacial score (nSPS) is 12.1. The molecule has 158 valence electrons. The molecule has 31 heavy (non-hydrogen) atoms. The van der Waals surface area contributed by atoms with Gasteiger partial charge in [0, 0.05) is 17.7 Å². The summed E-state index contributed by atoms with van der Waals surface area (Å²) in [5.74, 6) is 1.18. The first kappa shape index (κ1) is 20.6. The summed E-state index contributed by atoms with van der Waals surface area (Å²) in [6, 6.07) is 21.9. The van der Waals surface area contributed by atoms with Crippen LogP contribution < -0.4 is 14.8 Å². The van der Waals surface area contributed by atoms with E-state index in [9.17, 15) is 9.59 Å². The summed E-state index contributed by atoms with van der Waals surface area (Å²) in [5, 5.41) is 2.91. The molecule has 1 N–H and O–H groups in total. The average molecular weight is 416 g/mol. The highest BCUT2D eigenvalue weighted by Crippen LogP contribution is 2.32. The Balaban J connectivity index is 1.43. The SMILES string of the molecule is CCN(CC(=O)Nc1ccccc1C(=O)c1ccccc1)Cc1ccc2c(c1)OCO2. The maximum Gasteiger partial charge on any atom is 0.238 e. The van der Waals surface area contributed by atoms with E-state index in [0.29, 0.717) is 29.9 Å². The van der Waals surface area contributed by atoms with Crippen molar-refractivity contribution in [3.05, 3.63) is 89.5 Å². The van der Waals surface area contributed by atoms with Crippen molar-refractivity contribution in [2.45, 2.75) is 13.5 Å². The zero-order valence-electron chi connectivity index (χ0n) is 17.3. The van der Waals surface area contributed by atoms with Crippen LogP contribution in [0.4, 0.5) is 5.69 Å². The second-order valence-electron chi connectivity index (χ2n) is 7.28. The zero-order valence-corrected chi connectivity index (χ0v) is 17.3. The summed E-state index contributed by atoms with van der Waals surface area (Å²) in [6.07, 6.45) is 0. The van der Waals surface area contributed by atoms with Gasteiger partial charge in [-0.25, -0.2) is 0 Å². The number of anilines is 1. The Morgan fingerprint density at radius 3 is 2.48 bits per heavy atom. The van der Waals surface area contributed by atoms with E-state index in [2.05, 4.69) is 5.32 Å². The number of benzene rings is 3. The lowest BCUT2D eigenvalue weighted by atomic mass is 10.0. The first-order valence-corrected chi connectivity index (χ1v) is 10.2. The minimum Gasteiger partial charge on any atom is -0.454 e. The number of fused-ring (bicyclic) bond motifs is 1. The Bertz CT molecular complexity index is 1080. The molecule has 0 fully saturated rings. The Morgan fingerprint density at radius 2 is 1.68 bits per heavy atom. The predicted molar refractivity (Wildman–Crippen MR) is 118 cm³/mol. The highest BCUT2D eigenvalue weighted by atomic mass is 16.7. The molecule has 3 aromatic carbocycles. The number of ketones is 1. The van der Waals surface area contributed by atoms with Gasteiger partial charge < -0.3 is 14.8 Å². The highest BCUT2D eigenvalue weighted by molar-refractivity contribution is 6.13. The molecule has 1 amide bonds. The Hall–Kier alpha value is -3.64. The molecule has 0 atom stereocenters. The number of ether oxygens (including phenoxy) is 2. The summed E-state index contributed by atoms with van der Waals surface area (Å²) < 4.78 is 10.8. The van der Waals surface area contributed by atoms with Gasteiger partial charge in [-0.2, -0.15) is 0 Å². The Morgan fingerprint density at radius 1 is 0.935 bits per heavy atom. The van der Waals surface area contributed by atoms with Crippen molar-refractivity contribution in [1.29, 1.82) is 0 Å². The maximum atomic E-state index is 12.9. The van der Waals surface area contributed by atoms with E-state index in [0.717, 1.165) is 17.1 Å². The molecule has 1 aliphatic rings. The van der Waals surface area contributed by atoms with Crippen molar-refractivity contribution < 1.29 is 19.1 Å². The molecule has 1 heterocycles. The number of para-hydroxylation sites is 1. The number of nitrogens with zero attached hydrogens (tertiary/aromatic N) is 1. The third-order valence-corrected chi connectivity index (χ3v) is 5.14. The highest BCUT2D eigenvalue weighted by Gasteiger charge is 2.18. The zero-order chi connectivity index (χ0) is 21.6. The van der Waals surface area contributed by atoms with E-state index in [1.54, 1.807) is 30.3 Å². The van der Waals surface area contributed by atoms with Gasteiger partial charge in [0.2, 0.25) is 12.7 Å². The molecular formula is C25H24N2O4. The van der Waals surface area contributed by atoms with Gasteiger partial charge in [0.05, 0.1) is 12.2 Å². The monoisotopic (exact) mass is 416 g/mol. The number of rotatable bonds is 8. The van der Waals surface area contributed by atoms with E-state index in [1.807, 2.05) is 54.3 Å². The van der Waals surface area contributed by atoms with E-state index in [4.69, 9.17) is 9.47 Å². The van der Waals surface area contributed by atoms with Crippen LogP contribution in [0, 0.1) is 0 Å². The lowest BCUT2D eigenvalue weighted by Gasteiger charge is -2.20. The molecule has 0 aromatic heterocycles. The lowest BCUT2D eigenvalue weighted by Crippen LogP contribution is -2.33. The van der Waals surface area contributed by atoms with Crippen LogP contribution in [0.1, 0.15) is 28.4 Å². The molecule has 3 aromatic rings. The predicted octanol–water partition coefficient (Wildman–Crippen LogP) is 4.11. The standard InChI is InChI=1S/C25H24N2O4/c1-2-27(15-18-12-13-22-23(14-18)31-17-30-22)16-24(28)26-21-11-7-6-10-20(21)25(29)19-8-4-3-5-9-19/h3-14H,2,15-17H2,1H3,(H,26,28). The average Bonchev–Trinajstić information content (AvgIpc) is 3.27. The fourth-order valence-corrected chi connectivity index (χ4v) is 3.50. The van der Waals surface area contributed by atoms with Gasteiger partial charge in [0.25, 0.3) is 0 Å². The summed E-state index contributed by atoms with van der Waals surface area (Å²) in [6.45, 7) is 3.75. The van der Waals surface area contributed by atoms with Crippen LogP contribution >= 0.6 is 0 Å². The molecule has 6 nitrogen and oxygen atoms in total. The Labute approximate surface area is 181 Å². The van der Waals surface area contributed by atoms with E-state index < -0.39 is 0 Å². The van der Waals surface area contributed by atoms with E-state index >= 15 is 0 Å². The summed E-state index contributed by atoms with van der Waals surface area (Å²) in [7, 11) is 0. The first-order chi connectivity index (χ1) is 15.1. The quantitative estimate of drug-likeness (QED) is 0.560. The fourth-order valence-electron chi connectivity index (χ4n) is 3.50. The van der Waals surface area contributed by atoms with Crippen molar-refractivity contribution >= 4 is 17.4 Å². The smallest absolute Gasteiger partial charge is 0.238 e. The summed E-state index contributed by atoms with van der Waals surface area (Å²) in [5.41, 5.74) is 2.61. The topological polar surface area (TPSA) is 67.9 Å². The van der Waals surface area contributed by atoms with Gasteiger partial charge in [-0.1, -0.05) is 55.5 Å². The molecule has 0 aliphatic carbocycles. The largest absolute Gasteiger partial charge is 0.454 e. The number of hydrogen-bond acceptors (Lipinski definition) is 5. The number of nitrogens with one attached hydrogen (secondary N) is 1. The van der Waals surface area contributed by atoms with Gasteiger partial charge in [0.15, 0.2) is 17.3 Å². The molecule has 0 bridgehead atoms. The number of carbonyl (C=O) groups is 2. The number of hydrogen-bond donors (Lipinski definition) is 1. The molecule has 0 saturated carbocycles. The number of likely N-dealkylation sites (N-methyl/N-ethyl adjacent to an activating group) is 1. The van der Waals surface area contributed by atoms with Gasteiger partial charge in [-0.05, 0) is 36.4 Å². The van der Waals surface area contributed by atoms with Crippen LogP contribution in [-0.4, -0.2) is 36.5 Å². The van der Waals surface area contributed by atoms with E-state index in [1.165, 1.54) is 0 Å². The number of carbonyl (C=O) groups excluding carboxylic acids is 2. The second-order valence-corrected chi connectivity index (χ2v) is 7.28. The van der Waals surface area contributed by atoms with Gasteiger partial charge in [0.1, 0.15) is 0 Å². The summed E-state index contributed by atoms with van der Waals surface area (Å²) >= 11 is 0. The van der Waals surface area contributed by atoms with Crippen molar-refractivity contribution in [2.24, 2.45) is 0 Å². The molecule has 1 aliphatic heterocycles. The third-order valence-electron chi connectivity index (χ3n) is 5.14. The molecular weight excluding hydrogens is 392 g/mol. The van der Waals surface area contributed by atoms with E-state index in [-0.39, 0.29) is 25.0 Å². The van der Waals surface area contributed by atoms with Gasteiger partial charge in [-0.15, -0.1) is 0 Å². The molecule has 6 heteroatoms. The van der Waals surface area contributed by atoms with Crippen molar-refractivity contribution in [2.75, 3.05) is 25.2 Å². The summed E-state index contributed by atoms with van der Waals surface area (Å²) in [4.78, 5) is 27.7. The van der Waals surface area contributed by atoms with Crippen LogP contribution in [-0.2, 0) is 11.3 Å².